The van der Waals surface area contributed by atoms with Gasteiger partial charge in [0.05, 0.1) is 11.4 Å². The summed E-state index contributed by atoms with van der Waals surface area (Å²) in [5.74, 6) is -0.0982. The monoisotopic (exact) mass is 492 g/mol. The molecule has 1 aliphatic rings. The summed E-state index contributed by atoms with van der Waals surface area (Å²) in [6, 6.07) is 12.4. The summed E-state index contributed by atoms with van der Waals surface area (Å²) in [7, 11) is 0. The van der Waals surface area contributed by atoms with Crippen molar-refractivity contribution < 1.29 is 13.6 Å². The average molecular weight is 493 g/mol. The first-order valence-electron chi connectivity index (χ1n) is 11.9. The number of amides is 1. The Morgan fingerprint density at radius 1 is 1.00 bits per heavy atom. The largest absolute Gasteiger partial charge is 0.366 e. The number of hydrogen-bond acceptors (Lipinski definition) is 5. The Labute approximate surface area is 206 Å². The van der Waals surface area contributed by atoms with Gasteiger partial charge < -0.3 is 9.80 Å². The Hall–Kier alpha value is -4.08. The predicted octanol–water partition coefficient (Wildman–Crippen LogP) is 3.08. The number of para-hydroxylation sites is 1. The molecule has 8 nitrogen and oxygen atoms in total. The Morgan fingerprint density at radius 2 is 1.78 bits per heavy atom. The lowest BCUT2D eigenvalue weighted by Crippen LogP contribution is -2.49. The minimum Gasteiger partial charge on any atom is -0.366 e. The fourth-order valence-electron chi connectivity index (χ4n) is 4.62. The smallest absolute Gasteiger partial charge is 0.300 e. The molecule has 2 aromatic carbocycles. The minimum absolute atomic E-state index is 0.0276. The molecule has 10 heteroatoms. The third kappa shape index (κ3) is 4.71. The number of benzene rings is 2. The van der Waals surface area contributed by atoms with Gasteiger partial charge in [-0.3, -0.25) is 18.6 Å². The second-order valence-electron chi connectivity index (χ2n) is 9.10. The van der Waals surface area contributed by atoms with Crippen molar-refractivity contribution in [1.82, 2.24) is 24.1 Å². The number of halogens is 2. The highest BCUT2D eigenvalue weighted by atomic mass is 19.1. The van der Waals surface area contributed by atoms with Crippen molar-refractivity contribution in [2.75, 3.05) is 31.1 Å². The SMILES string of the molecule is C[C@H](CC(=O)N1CCN(c2ccccc2F)CC1)Cc1nnc2c(=O)n(-c3cccc(F)c3)ccn12. The number of anilines is 1. The first-order valence-corrected chi connectivity index (χ1v) is 11.9. The van der Waals surface area contributed by atoms with Gasteiger partial charge in [-0.25, -0.2) is 8.78 Å². The topological polar surface area (TPSA) is 75.7 Å². The van der Waals surface area contributed by atoms with E-state index in [0.717, 1.165) is 0 Å². The van der Waals surface area contributed by atoms with Gasteiger partial charge in [0, 0.05) is 51.4 Å². The Kier molecular flexibility index (Phi) is 6.49. The summed E-state index contributed by atoms with van der Waals surface area (Å²) >= 11 is 0. The minimum atomic E-state index is -0.437. The van der Waals surface area contributed by atoms with Gasteiger partial charge in [-0.15, -0.1) is 10.2 Å². The van der Waals surface area contributed by atoms with Crippen molar-refractivity contribution in [2.24, 2.45) is 5.92 Å². The number of piperazine rings is 1. The molecule has 1 saturated heterocycles. The summed E-state index contributed by atoms with van der Waals surface area (Å²) in [4.78, 5) is 29.6. The van der Waals surface area contributed by atoms with E-state index in [0.29, 0.717) is 56.2 Å². The number of aromatic nitrogens is 4. The van der Waals surface area contributed by atoms with Gasteiger partial charge in [-0.1, -0.05) is 25.1 Å². The number of hydrogen-bond donors (Lipinski definition) is 0. The van der Waals surface area contributed by atoms with Crippen molar-refractivity contribution in [3.63, 3.8) is 0 Å². The molecular weight excluding hydrogens is 466 g/mol. The van der Waals surface area contributed by atoms with E-state index in [1.54, 1.807) is 35.0 Å². The van der Waals surface area contributed by atoms with Gasteiger partial charge in [0.15, 0.2) is 0 Å². The molecule has 0 unspecified atom stereocenters. The van der Waals surface area contributed by atoms with Crippen molar-refractivity contribution in [1.29, 1.82) is 0 Å². The van der Waals surface area contributed by atoms with E-state index in [9.17, 15) is 18.4 Å². The summed E-state index contributed by atoms with van der Waals surface area (Å²) in [6.45, 7) is 4.18. The fraction of sp³-hybridized carbons (Fsp3) is 0.308. The van der Waals surface area contributed by atoms with E-state index < -0.39 is 11.4 Å². The molecule has 0 bridgehead atoms. The molecular formula is C26H26F2N6O2. The number of carbonyl (C=O) groups is 1. The standard InChI is InChI=1S/C26H26F2N6O2/c1-18(16-24(35)32-11-9-31(10-12-32)22-8-3-2-7-21(22)28)15-23-29-30-25-26(36)33(13-14-34(23)25)20-6-4-5-19(27)17-20/h2-8,13-14,17-18H,9-12,15-16H2,1H3/t18-/m0/s1. The van der Waals surface area contributed by atoms with Crippen LogP contribution in [0.15, 0.2) is 65.7 Å². The molecule has 3 heterocycles. The van der Waals surface area contributed by atoms with Gasteiger partial charge in [0.1, 0.15) is 17.5 Å². The van der Waals surface area contributed by atoms with Crippen LogP contribution in [0.3, 0.4) is 0 Å². The maximum absolute atomic E-state index is 14.1. The lowest BCUT2D eigenvalue weighted by molar-refractivity contribution is -0.132. The maximum Gasteiger partial charge on any atom is 0.300 e. The molecule has 1 aliphatic heterocycles. The highest BCUT2D eigenvalue weighted by Crippen LogP contribution is 2.21. The number of fused-ring (bicyclic) bond motifs is 1. The lowest BCUT2D eigenvalue weighted by Gasteiger charge is -2.36. The Balaban J connectivity index is 1.22. The molecule has 4 aromatic rings. The van der Waals surface area contributed by atoms with Crippen molar-refractivity contribution in [2.45, 2.75) is 19.8 Å². The van der Waals surface area contributed by atoms with Gasteiger partial charge in [-0.05, 0) is 36.2 Å². The number of rotatable bonds is 6. The van der Waals surface area contributed by atoms with Crippen LogP contribution in [0.5, 0.6) is 0 Å². The highest BCUT2D eigenvalue weighted by Gasteiger charge is 2.24. The van der Waals surface area contributed by atoms with Gasteiger partial charge in [0.25, 0.3) is 0 Å². The summed E-state index contributed by atoms with van der Waals surface area (Å²) in [6.07, 6.45) is 4.02. The molecule has 2 aromatic heterocycles. The first-order chi connectivity index (χ1) is 17.4. The molecule has 0 N–H and O–H groups in total. The van der Waals surface area contributed by atoms with Crippen LogP contribution in [0.1, 0.15) is 19.2 Å². The third-order valence-corrected chi connectivity index (χ3v) is 6.51. The fourth-order valence-corrected chi connectivity index (χ4v) is 4.62. The van der Waals surface area contributed by atoms with E-state index >= 15 is 0 Å². The van der Waals surface area contributed by atoms with Crippen LogP contribution in [-0.4, -0.2) is 56.2 Å². The van der Waals surface area contributed by atoms with Gasteiger partial charge >= 0.3 is 5.56 Å². The summed E-state index contributed by atoms with van der Waals surface area (Å²) in [5, 5.41) is 8.23. The van der Waals surface area contributed by atoms with Crippen molar-refractivity contribution in [3.8, 4) is 5.69 Å². The average Bonchev–Trinajstić information content (AvgIpc) is 3.28. The molecule has 5 rings (SSSR count). The molecule has 0 spiro atoms. The molecule has 1 atom stereocenters. The van der Waals surface area contributed by atoms with Crippen LogP contribution >= 0.6 is 0 Å². The van der Waals surface area contributed by atoms with Gasteiger partial charge in [-0.2, -0.15) is 0 Å². The summed E-state index contributed by atoms with van der Waals surface area (Å²) < 4.78 is 30.6. The summed E-state index contributed by atoms with van der Waals surface area (Å²) in [5.41, 5.74) is 0.701. The predicted molar refractivity (Wildman–Crippen MR) is 131 cm³/mol. The van der Waals surface area contributed by atoms with Crippen LogP contribution in [-0.2, 0) is 11.2 Å². The molecule has 0 aliphatic carbocycles. The van der Waals surface area contributed by atoms with E-state index in [1.165, 1.54) is 28.8 Å². The normalized spacial score (nSPS) is 14.9. The highest BCUT2D eigenvalue weighted by molar-refractivity contribution is 5.76. The third-order valence-electron chi connectivity index (χ3n) is 6.51. The van der Waals surface area contributed by atoms with E-state index in [1.807, 2.05) is 22.8 Å². The van der Waals surface area contributed by atoms with E-state index in [4.69, 9.17) is 0 Å². The Morgan fingerprint density at radius 3 is 2.53 bits per heavy atom. The number of carbonyl (C=O) groups excluding carboxylic acids is 1. The van der Waals surface area contributed by atoms with E-state index in [2.05, 4.69) is 10.2 Å². The van der Waals surface area contributed by atoms with Crippen LogP contribution in [0.25, 0.3) is 11.3 Å². The molecule has 36 heavy (non-hydrogen) atoms. The first kappa shape index (κ1) is 23.7. The molecule has 1 amide bonds. The van der Waals surface area contributed by atoms with Crippen LogP contribution in [0.4, 0.5) is 14.5 Å². The Bertz CT molecular complexity index is 1460. The zero-order valence-corrected chi connectivity index (χ0v) is 19.8. The second-order valence-corrected chi connectivity index (χ2v) is 9.10. The van der Waals surface area contributed by atoms with E-state index in [-0.39, 0.29) is 23.3 Å². The van der Waals surface area contributed by atoms with Crippen LogP contribution in [0, 0.1) is 17.6 Å². The van der Waals surface area contributed by atoms with Crippen molar-refractivity contribution >= 4 is 17.2 Å². The zero-order valence-electron chi connectivity index (χ0n) is 19.8. The quantitative estimate of drug-likeness (QED) is 0.414. The molecule has 186 valence electrons. The van der Waals surface area contributed by atoms with Crippen LogP contribution < -0.4 is 10.5 Å². The maximum atomic E-state index is 14.1. The molecule has 0 radical (unpaired) electrons. The van der Waals surface area contributed by atoms with Crippen molar-refractivity contribution in [3.05, 3.63) is 88.7 Å². The number of nitrogens with zero attached hydrogens (tertiary/aromatic N) is 6. The lowest BCUT2D eigenvalue weighted by atomic mass is 10.0. The molecule has 0 saturated carbocycles. The molecule has 1 fully saturated rings. The van der Waals surface area contributed by atoms with Gasteiger partial charge in [0.2, 0.25) is 11.6 Å². The zero-order chi connectivity index (χ0) is 25.2. The second kappa shape index (κ2) is 9.88. The van der Waals surface area contributed by atoms with Crippen LogP contribution in [0.2, 0.25) is 0 Å².